The molecule has 1 aromatic carbocycles. The van der Waals surface area contributed by atoms with Crippen molar-refractivity contribution in [2.45, 2.75) is 19.9 Å². The lowest BCUT2D eigenvalue weighted by Crippen LogP contribution is -2.34. The first-order valence-electron chi connectivity index (χ1n) is 5.42. The van der Waals surface area contributed by atoms with Gasteiger partial charge in [0, 0.05) is 10.5 Å². The van der Waals surface area contributed by atoms with Crippen LogP contribution in [0.15, 0.2) is 22.7 Å². The maximum absolute atomic E-state index is 11.8. The summed E-state index contributed by atoms with van der Waals surface area (Å²) in [4.78, 5) is 22.7. The zero-order chi connectivity index (χ0) is 13.9. The Balaban J connectivity index is 2.93. The molecular weight excluding hydrogens is 300 g/mol. The molecule has 0 radical (unpaired) electrons. The van der Waals surface area contributed by atoms with Gasteiger partial charge in [-0.05, 0) is 41.1 Å². The number of aromatic carboxylic acids is 1. The van der Waals surface area contributed by atoms with E-state index < -0.39 is 5.97 Å². The standard InChI is InChI=1S/C12H15BrN2O3/c1-6(7(2)14)11(16)15-10-5-8(12(17)18)3-4-9(10)13/h3-7H,14H2,1-2H3,(H,15,16)(H,17,18). The topological polar surface area (TPSA) is 92.4 Å². The molecule has 0 saturated carbocycles. The molecule has 6 heteroatoms. The van der Waals surface area contributed by atoms with Gasteiger partial charge in [-0.1, -0.05) is 6.92 Å². The van der Waals surface area contributed by atoms with Crippen LogP contribution in [0.2, 0.25) is 0 Å². The summed E-state index contributed by atoms with van der Waals surface area (Å²) in [5.41, 5.74) is 6.18. The van der Waals surface area contributed by atoms with Gasteiger partial charge in [-0.3, -0.25) is 4.79 Å². The van der Waals surface area contributed by atoms with Gasteiger partial charge in [0.2, 0.25) is 5.91 Å². The molecule has 0 aliphatic carbocycles. The molecule has 1 aromatic rings. The van der Waals surface area contributed by atoms with Crippen LogP contribution in [0.25, 0.3) is 0 Å². The normalized spacial score (nSPS) is 13.8. The SMILES string of the molecule is CC(N)C(C)C(=O)Nc1cc(C(=O)O)ccc1Br. The summed E-state index contributed by atoms with van der Waals surface area (Å²) in [5, 5.41) is 11.5. The van der Waals surface area contributed by atoms with E-state index in [1.54, 1.807) is 19.9 Å². The molecule has 0 aliphatic rings. The highest BCUT2D eigenvalue weighted by Gasteiger charge is 2.18. The number of anilines is 1. The first-order valence-corrected chi connectivity index (χ1v) is 6.21. The third-order valence-electron chi connectivity index (χ3n) is 2.67. The van der Waals surface area contributed by atoms with Gasteiger partial charge in [-0.15, -0.1) is 0 Å². The summed E-state index contributed by atoms with van der Waals surface area (Å²) in [6.07, 6.45) is 0. The van der Waals surface area contributed by atoms with Gasteiger partial charge in [0.05, 0.1) is 17.2 Å². The molecule has 0 aromatic heterocycles. The van der Waals surface area contributed by atoms with Gasteiger partial charge >= 0.3 is 5.97 Å². The molecule has 0 bridgehead atoms. The number of halogens is 1. The highest BCUT2D eigenvalue weighted by Crippen LogP contribution is 2.24. The molecule has 0 aliphatic heterocycles. The Kier molecular flexibility index (Phi) is 4.86. The molecular formula is C12H15BrN2O3. The van der Waals surface area contributed by atoms with Crippen molar-refractivity contribution in [2.24, 2.45) is 11.7 Å². The van der Waals surface area contributed by atoms with Gasteiger partial charge in [-0.2, -0.15) is 0 Å². The van der Waals surface area contributed by atoms with E-state index in [1.165, 1.54) is 12.1 Å². The Hall–Kier alpha value is -1.40. The van der Waals surface area contributed by atoms with E-state index in [-0.39, 0.29) is 23.4 Å². The Morgan fingerprint density at radius 2 is 2.00 bits per heavy atom. The quantitative estimate of drug-likeness (QED) is 0.793. The van der Waals surface area contributed by atoms with Gasteiger partial charge < -0.3 is 16.2 Å². The van der Waals surface area contributed by atoms with Crippen LogP contribution in [0.4, 0.5) is 5.69 Å². The fourth-order valence-corrected chi connectivity index (χ4v) is 1.59. The Bertz CT molecular complexity index is 474. The van der Waals surface area contributed by atoms with Gasteiger partial charge in [0.1, 0.15) is 0 Å². The minimum Gasteiger partial charge on any atom is -0.478 e. The van der Waals surface area contributed by atoms with E-state index in [2.05, 4.69) is 21.2 Å². The fourth-order valence-electron chi connectivity index (χ4n) is 1.24. The zero-order valence-electron chi connectivity index (χ0n) is 10.1. The van der Waals surface area contributed by atoms with E-state index in [1.807, 2.05) is 0 Å². The lowest BCUT2D eigenvalue weighted by Gasteiger charge is -2.16. The Morgan fingerprint density at radius 1 is 1.39 bits per heavy atom. The maximum Gasteiger partial charge on any atom is 0.335 e. The predicted molar refractivity (Wildman–Crippen MR) is 72.5 cm³/mol. The van der Waals surface area contributed by atoms with Crippen LogP contribution in [0, 0.1) is 5.92 Å². The molecule has 2 unspecified atom stereocenters. The van der Waals surface area contributed by atoms with Gasteiger partial charge in [-0.25, -0.2) is 4.79 Å². The number of nitrogens with two attached hydrogens (primary N) is 1. The first kappa shape index (κ1) is 14.7. The Labute approximate surface area is 113 Å². The molecule has 0 fully saturated rings. The number of carboxylic acid groups (broad SMARTS) is 1. The van der Waals surface area contributed by atoms with E-state index in [4.69, 9.17) is 10.8 Å². The van der Waals surface area contributed by atoms with E-state index in [0.717, 1.165) is 0 Å². The monoisotopic (exact) mass is 314 g/mol. The highest BCUT2D eigenvalue weighted by molar-refractivity contribution is 9.10. The van der Waals surface area contributed by atoms with Crippen molar-refractivity contribution in [2.75, 3.05) is 5.32 Å². The maximum atomic E-state index is 11.8. The number of rotatable bonds is 4. The molecule has 5 nitrogen and oxygen atoms in total. The predicted octanol–water partition coefficient (Wildman–Crippen LogP) is 2.07. The van der Waals surface area contributed by atoms with Gasteiger partial charge in [0.15, 0.2) is 0 Å². The molecule has 18 heavy (non-hydrogen) atoms. The number of hydrogen-bond donors (Lipinski definition) is 3. The summed E-state index contributed by atoms with van der Waals surface area (Å²) in [7, 11) is 0. The zero-order valence-corrected chi connectivity index (χ0v) is 11.7. The summed E-state index contributed by atoms with van der Waals surface area (Å²) in [5.74, 6) is -1.64. The number of benzene rings is 1. The third-order valence-corrected chi connectivity index (χ3v) is 3.36. The first-order chi connectivity index (χ1) is 8.32. The van der Waals surface area contributed by atoms with Crippen LogP contribution in [0.5, 0.6) is 0 Å². The van der Waals surface area contributed by atoms with E-state index >= 15 is 0 Å². The van der Waals surface area contributed by atoms with Gasteiger partial charge in [0.25, 0.3) is 0 Å². The van der Waals surface area contributed by atoms with Crippen LogP contribution in [-0.2, 0) is 4.79 Å². The molecule has 2 atom stereocenters. The van der Waals surface area contributed by atoms with Crippen molar-refractivity contribution in [3.05, 3.63) is 28.2 Å². The average Bonchev–Trinajstić information content (AvgIpc) is 2.30. The smallest absolute Gasteiger partial charge is 0.335 e. The lowest BCUT2D eigenvalue weighted by atomic mass is 10.0. The average molecular weight is 315 g/mol. The van der Waals surface area contributed by atoms with Crippen molar-refractivity contribution in [3.8, 4) is 0 Å². The molecule has 0 spiro atoms. The second-order valence-electron chi connectivity index (χ2n) is 4.14. The summed E-state index contributed by atoms with van der Waals surface area (Å²) in [6, 6.07) is 4.16. The molecule has 4 N–H and O–H groups in total. The van der Waals surface area contributed by atoms with Crippen molar-refractivity contribution in [3.63, 3.8) is 0 Å². The molecule has 1 amide bonds. The Morgan fingerprint density at radius 3 is 2.50 bits per heavy atom. The molecule has 0 saturated heterocycles. The van der Waals surface area contributed by atoms with Crippen molar-refractivity contribution in [1.29, 1.82) is 0 Å². The van der Waals surface area contributed by atoms with Crippen molar-refractivity contribution in [1.82, 2.24) is 0 Å². The summed E-state index contributed by atoms with van der Waals surface area (Å²) in [6.45, 7) is 3.46. The van der Waals surface area contributed by atoms with Crippen molar-refractivity contribution < 1.29 is 14.7 Å². The number of carboxylic acids is 1. The third kappa shape index (κ3) is 3.54. The number of amides is 1. The van der Waals surface area contributed by atoms with Crippen LogP contribution >= 0.6 is 15.9 Å². The highest BCUT2D eigenvalue weighted by atomic mass is 79.9. The summed E-state index contributed by atoms with van der Waals surface area (Å²) < 4.78 is 0.623. The minimum absolute atomic E-state index is 0.113. The van der Waals surface area contributed by atoms with Crippen LogP contribution < -0.4 is 11.1 Å². The fraction of sp³-hybridized carbons (Fsp3) is 0.333. The molecule has 98 valence electrons. The lowest BCUT2D eigenvalue weighted by molar-refractivity contribution is -0.119. The number of hydrogen-bond acceptors (Lipinski definition) is 3. The number of carbonyl (C=O) groups excluding carboxylic acids is 1. The molecule has 0 heterocycles. The van der Waals surface area contributed by atoms with Crippen LogP contribution in [0.1, 0.15) is 24.2 Å². The number of carbonyl (C=O) groups is 2. The van der Waals surface area contributed by atoms with E-state index in [9.17, 15) is 9.59 Å². The van der Waals surface area contributed by atoms with Crippen molar-refractivity contribution >= 4 is 33.5 Å². The second-order valence-corrected chi connectivity index (χ2v) is 4.99. The minimum atomic E-state index is -1.04. The van der Waals surface area contributed by atoms with Crippen LogP contribution in [-0.4, -0.2) is 23.0 Å². The molecule has 1 rings (SSSR count). The van der Waals surface area contributed by atoms with Crippen LogP contribution in [0.3, 0.4) is 0 Å². The largest absolute Gasteiger partial charge is 0.478 e. The summed E-state index contributed by atoms with van der Waals surface area (Å²) >= 11 is 3.26. The van der Waals surface area contributed by atoms with E-state index in [0.29, 0.717) is 10.2 Å². The second kappa shape index (κ2) is 5.97. The number of nitrogens with one attached hydrogen (secondary N) is 1.